The number of hydrogen-bond acceptors (Lipinski definition) is 4. The van der Waals surface area contributed by atoms with Crippen LogP contribution >= 0.6 is 0 Å². The van der Waals surface area contributed by atoms with Crippen LogP contribution in [0, 0.1) is 0 Å². The molecule has 0 aromatic heterocycles. The van der Waals surface area contributed by atoms with Crippen LogP contribution in [-0.4, -0.2) is 37.4 Å². The number of carbonyl (C=O) groups is 1. The van der Waals surface area contributed by atoms with Gasteiger partial charge in [0.25, 0.3) is 0 Å². The van der Waals surface area contributed by atoms with E-state index in [0.29, 0.717) is 30.2 Å². The maximum absolute atomic E-state index is 12.2. The Morgan fingerprint density at radius 1 is 1.30 bits per heavy atom. The molecular weight excluding hydrogens is 252 g/mol. The topological polar surface area (TPSA) is 55.6 Å². The molecule has 4 heteroatoms. The lowest BCUT2D eigenvalue weighted by Crippen LogP contribution is -2.27. The maximum Gasteiger partial charge on any atom is 0.176 e. The summed E-state index contributed by atoms with van der Waals surface area (Å²) in [6.07, 6.45) is 3.17. The van der Waals surface area contributed by atoms with Gasteiger partial charge in [-0.25, -0.2) is 0 Å². The van der Waals surface area contributed by atoms with Gasteiger partial charge in [-0.1, -0.05) is 20.3 Å². The van der Waals surface area contributed by atoms with Gasteiger partial charge in [0.05, 0.1) is 18.8 Å². The molecule has 0 saturated carbocycles. The molecule has 0 heterocycles. The monoisotopic (exact) mass is 278 g/mol. The third-order valence-corrected chi connectivity index (χ3v) is 3.10. The van der Waals surface area contributed by atoms with Crippen molar-refractivity contribution in [1.82, 2.24) is 4.90 Å². The molecule has 112 valence electrons. The minimum Gasteiger partial charge on any atom is -0.491 e. The Kier molecular flexibility index (Phi) is 7.09. The second kappa shape index (κ2) is 8.59. The van der Waals surface area contributed by atoms with E-state index in [0.717, 1.165) is 25.8 Å². The van der Waals surface area contributed by atoms with E-state index < -0.39 is 0 Å². The van der Waals surface area contributed by atoms with Crippen LogP contribution in [0.3, 0.4) is 0 Å². The normalized spacial score (nSPS) is 10.8. The number of Topliss-reactive ketones (excluding diaryl/α,β-unsaturated/α-hetero) is 1. The molecule has 0 aliphatic heterocycles. The number of nitrogen functional groups attached to an aromatic ring is 1. The van der Waals surface area contributed by atoms with Gasteiger partial charge < -0.3 is 10.5 Å². The molecule has 0 atom stereocenters. The van der Waals surface area contributed by atoms with E-state index in [-0.39, 0.29) is 5.78 Å². The number of nitrogens with zero attached hydrogens (tertiary/aromatic N) is 1. The van der Waals surface area contributed by atoms with Gasteiger partial charge in [-0.3, -0.25) is 9.69 Å². The van der Waals surface area contributed by atoms with Crippen LogP contribution in [0.2, 0.25) is 0 Å². The minimum absolute atomic E-state index is 0.0948. The summed E-state index contributed by atoms with van der Waals surface area (Å²) in [6, 6.07) is 5.28. The van der Waals surface area contributed by atoms with Crippen LogP contribution in [0.4, 0.5) is 5.69 Å². The molecule has 0 aliphatic rings. The molecule has 4 nitrogen and oxygen atoms in total. The lowest BCUT2D eigenvalue weighted by atomic mass is 10.1. The van der Waals surface area contributed by atoms with E-state index >= 15 is 0 Å². The quantitative estimate of drug-likeness (QED) is 0.557. The summed E-state index contributed by atoms with van der Waals surface area (Å²) in [5.74, 6) is 0.750. The fourth-order valence-corrected chi connectivity index (χ4v) is 1.91. The summed E-state index contributed by atoms with van der Waals surface area (Å²) in [5.41, 5.74) is 7.10. The van der Waals surface area contributed by atoms with Gasteiger partial charge in [-0.15, -0.1) is 0 Å². The fraction of sp³-hybridized carbons (Fsp3) is 0.562. The zero-order valence-corrected chi connectivity index (χ0v) is 12.8. The SMILES string of the molecule is CCCCN(C)CC(=O)c1ccc(OCCC)c(N)c1. The van der Waals surface area contributed by atoms with Crippen molar-refractivity contribution in [2.24, 2.45) is 0 Å². The van der Waals surface area contributed by atoms with Crippen molar-refractivity contribution < 1.29 is 9.53 Å². The zero-order chi connectivity index (χ0) is 15.0. The molecule has 0 spiro atoms. The van der Waals surface area contributed by atoms with Crippen molar-refractivity contribution in [3.05, 3.63) is 23.8 Å². The van der Waals surface area contributed by atoms with Crippen LogP contribution in [0.5, 0.6) is 5.75 Å². The number of ketones is 1. The second-order valence-electron chi connectivity index (χ2n) is 5.12. The smallest absolute Gasteiger partial charge is 0.176 e. The average Bonchev–Trinajstić information content (AvgIpc) is 2.43. The van der Waals surface area contributed by atoms with E-state index in [1.165, 1.54) is 0 Å². The van der Waals surface area contributed by atoms with E-state index in [1.54, 1.807) is 18.2 Å². The van der Waals surface area contributed by atoms with Crippen molar-refractivity contribution in [2.75, 3.05) is 32.5 Å². The van der Waals surface area contributed by atoms with E-state index in [2.05, 4.69) is 6.92 Å². The lowest BCUT2D eigenvalue weighted by molar-refractivity contribution is 0.0945. The van der Waals surface area contributed by atoms with Crippen LogP contribution in [0.1, 0.15) is 43.5 Å². The molecule has 1 aromatic carbocycles. The number of hydrogen-bond donors (Lipinski definition) is 1. The van der Waals surface area contributed by atoms with Gasteiger partial charge in [0.1, 0.15) is 5.75 Å². The number of likely N-dealkylation sites (N-methyl/N-ethyl adjacent to an activating group) is 1. The van der Waals surface area contributed by atoms with Crippen molar-refractivity contribution in [2.45, 2.75) is 33.1 Å². The largest absolute Gasteiger partial charge is 0.491 e. The molecule has 0 bridgehead atoms. The third-order valence-electron chi connectivity index (χ3n) is 3.10. The van der Waals surface area contributed by atoms with Crippen molar-refractivity contribution in [1.29, 1.82) is 0 Å². The maximum atomic E-state index is 12.2. The standard InChI is InChI=1S/C16H26N2O2/c1-4-6-9-18(3)12-15(19)13-7-8-16(14(17)11-13)20-10-5-2/h7-8,11H,4-6,9-10,12,17H2,1-3H3. The van der Waals surface area contributed by atoms with Gasteiger partial charge in [0.2, 0.25) is 0 Å². The summed E-state index contributed by atoms with van der Waals surface area (Å²) in [4.78, 5) is 14.2. The minimum atomic E-state index is 0.0948. The number of anilines is 1. The highest BCUT2D eigenvalue weighted by Crippen LogP contribution is 2.23. The summed E-state index contributed by atoms with van der Waals surface area (Å²) in [5, 5.41) is 0. The highest BCUT2D eigenvalue weighted by Gasteiger charge is 2.11. The number of rotatable bonds is 9. The molecular formula is C16H26N2O2. The first-order valence-corrected chi connectivity index (χ1v) is 7.32. The summed E-state index contributed by atoms with van der Waals surface area (Å²) >= 11 is 0. The summed E-state index contributed by atoms with van der Waals surface area (Å²) in [7, 11) is 1.97. The highest BCUT2D eigenvalue weighted by molar-refractivity contribution is 5.98. The van der Waals surface area contributed by atoms with Gasteiger partial charge in [0, 0.05) is 5.56 Å². The molecule has 20 heavy (non-hydrogen) atoms. The Bertz CT molecular complexity index is 432. The third kappa shape index (κ3) is 5.21. The van der Waals surface area contributed by atoms with Crippen LogP contribution in [-0.2, 0) is 0 Å². The first-order valence-electron chi connectivity index (χ1n) is 7.32. The predicted octanol–water partition coefficient (Wildman–Crippen LogP) is 2.97. The first kappa shape index (κ1) is 16.5. The Labute approximate surface area is 121 Å². The fourth-order valence-electron chi connectivity index (χ4n) is 1.91. The van der Waals surface area contributed by atoms with E-state index in [4.69, 9.17) is 10.5 Å². The molecule has 0 saturated heterocycles. The number of benzene rings is 1. The van der Waals surface area contributed by atoms with Gasteiger partial charge in [0.15, 0.2) is 5.78 Å². The van der Waals surface area contributed by atoms with Crippen molar-refractivity contribution >= 4 is 11.5 Å². The van der Waals surface area contributed by atoms with E-state index in [1.807, 2.05) is 18.9 Å². The van der Waals surface area contributed by atoms with Gasteiger partial charge >= 0.3 is 0 Å². The molecule has 0 radical (unpaired) electrons. The Balaban J connectivity index is 2.62. The molecule has 1 rings (SSSR count). The number of unbranched alkanes of at least 4 members (excludes halogenated alkanes) is 1. The molecule has 0 fully saturated rings. The molecule has 2 N–H and O–H groups in total. The Morgan fingerprint density at radius 2 is 2.05 bits per heavy atom. The predicted molar refractivity (Wildman–Crippen MR) is 83.4 cm³/mol. The Hall–Kier alpha value is -1.55. The molecule has 0 aliphatic carbocycles. The van der Waals surface area contributed by atoms with Crippen molar-refractivity contribution in [3.63, 3.8) is 0 Å². The lowest BCUT2D eigenvalue weighted by Gasteiger charge is -2.15. The highest BCUT2D eigenvalue weighted by atomic mass is 16.5. The number of ether oxygens (including phenoxy) is 1. The van der Waals surface area contributed by atoms with Gasteiger partial charge in [-0.05, 0) is 44.6 Å². The van der Waals surface area contributed by atoms with E-state index in [9.17, 15) is 4.79 Å². The zero-order valence-electron chi connectivity index (χ0n) is 12.8. The second-order valence-corrected chi connectivity index (χ2v) is 5.12. The average molecular weight is 278 g/mol. The van der Waals surface area contributed by atoms with Crippen LogP contribution < -0.4 is 10.5 Å². The van der Waals surface area contributed by atoms with Crippen molar-refractivity contribution in [3.8, 4) is 5.75 Å². The summed E-state index contributed by atoms with van der Waals surface area (Å²) < 4.78 is 5.51. The Morgan fingerprint density at radius 3 is 2.65 bits per heavy atom. The first-order chi connectivity index (χ1) is 9.58. The molecule has 1 aromatic rings. The number of carbonyl (C=O) groups excluding carboxylic acids is 1. The molecule has 0 unspecified atom stereocenters. The van der Waals surface area contributed by atoms with Crippen LogP contribution in [0.15, 0.2) is 18.2 Å². The van der Waals surface area contributed by atoms with Gasteiger partial charge in [-0.2, -0.15) is 0 Å². The number of nitrogens with two attached hydrogens (primary N) is 1. The molecule has 0 amide bonds. The summed E-state index contributed by atoms with van der Waals surface area (Å²) in [6.45, 7) is 6.19. The van der Waals surface area contributed by atoms with Crippen LogP contribution in [0.25, 0.3) is 0 Å².